The quantitative estimate of drug-likeness (QED) is 0.424. The van der Waals surface area contributed by atoms with Crippen molar-refractivity contribution in [2.75, 3.05) is 7.05 Å². The molecule has 0 aliphatic heterocycles. The summed E-state index contributed by atoms with van der Waals surface area (Å²) in [4.78, 5) is 6.09. The van der Waals surface area contributed by atoms with E-state index >= 15 is 0 Å². The van der Waals surface area contributed by atoms with Gasteiger partial charge in [-0.3, -0.25) is 0 Å². The van der Waals surface area contributed by atoms with Crippen molar-refractivity contribution in [1.82, 2.24) is 4.90 Å². The molecular weight excluding hydrogens is 304 g/mol. The average Bonchev–Trinajstić information content (AvgIpc) is 2.67. The molecule has 0 spiro atoms. The van der Waals surface area contributed by atoms with E-state index in [9.17, 15) is 0 Å². The van der Waals surface area contributed by atoms with Crippen LogP contribution in [0.4, 0.5) is 0 Å². The lowest BCUT2D eigenvalue weighted by Gasteiger charge is -2.13. The van der Waals surface area contributed by atoms with Gasteiger partial charge in [0.15, 0.2) is 0 Å². The first-order valence-electron chi connectivity index (χ1n) is 8.35. The molecule has 124 valence electrons. The summed E-state index contributed by atoms with van der Waals surface area (Å²) in [5.41, 5.74) is 6.18. The first-order valence-corrected chi connectivity index (χ1v) is 8.35. The zero-order valence-electron chi connectivity index (χ0n) is 14.5. The van der Waals surface area contributed by atoms with Crippen LogP contribution in [0.15, 0.2) is 96.6 Å². The first kappa shape index (κ1) is 16.7. The minimum atomic E-state index is 0.813. The molecule has 0 bridgehead atoms. The Morgan fingerprint density at radius 2 is 1.40 bits per heavy atom. The Morgan fingerprint density at radius 3 is 2.08 bits per heavy atom. The average molecular weight is 326 g/mol. The highest BCUT2D eigenvalue weighted by atomic mass is 15.1. The molecule has 0 atom stereocenters. The Hall–Kier alpha value is -3.13. The van der Waals surface area contributed by atoms with Gasteiger partial charge in [-0.1, -0.05) is 79.4 Å². The van der Waals surface area contributed by atoms with E-state index in [2.05, 4.69) is 84.4 Å². The smallest absolute Gasteiger partial charge is 0.0905 e. The van der Waals surface area contributed by atoms with Crippen LogP contribution >= 0.6 is 0 Å². The number of hydrogen-bond donors (Lipinski definition) is 0. The number of rotatable bonds is 6. The van der Waals surface area contributed by atoms with Gasteiger partial charge in [0.25, 0.3) is 0 Å². The Labute approximate surface area is 149 Å². The normalized spacial score (nSPS) is 10.8. The summed E-state index contributed by atoms with van der Waals surface area (Å²) < 4.78 is 0. The zero-order chi connectivity index (χ0) is 17.5. The molecule has 3 rings (SSSR count). The van der Waals surface area contributed by atoms with Gasteiger partial charge in [-0.15, -0.1) is 0 Å². The van der Waals surface area contributed by atoms with E-state index in [1.54, 1.807) is 12.5 Å². The van der Waals surface area contributed by atoms with Crippen LogP contribution in [0.2, 0.25) is 0 Å². The second-order valence-electron chi connectivity index (χ2n) is 6.01. The van der Waals surface area contributed by atoms with E-state index in [-0.39, 0.29) is 0 Å². The molecule has 3 aromatic rings. The van der Waals surface area contributed by atoms with Crippen LogP contribution < -0.4 is 0 Å². The lowest BCUT2D eigenvalue weighted by atomic mass is 9.99. The first-order chi connectivity index (χ1) is 12.3. The van der Waals surface area contributed by atoms with Crippen molar-refractivity contribution in [1.29, 1.82) is 0 Å². The lowest BCUT2D eigenvalue weighted by molar-refractivity contribution is 0.516. The second-order valence-corrected chi connectivity index (χ2v) is 6.01. The van der Waals surface area contributed by atoms with Gasteiger partial charge >= 0.3 is 0 Å². The van der Waals surface area contributed by atoms with Crippen molar-refractivity contribution in [3.05, 3.63) is 97.2 Å². The number of nitrogens with zero attached hydrogens (tertiary/aromatic N) is 2. The summed E-state index contributed by atoms with van der Waals surface area (Å²) >= 11 is 0. The molecule has 0 N–H and O–H groups in total. The third-order valence-corrected chi connectivity index (χ3v) is 4.05. The molecule has 0 amide bonds. The number of aliphatic imine (C=N–C) groups is 1. The van der Waals surface area contributed by atoms with Gasteiger partial charge < -0.3 is 4.90 Å². The van der Waals surface area contributed by atoms with Gasteiger partial charge in [-0.25, -0.2) is 4.99 Å². The second kappa shape index (κ2) is 8.11. The molecule has 2 nitrogen and oxygen atoms in total. The van der Waals surface area contributed by atoms with Crippen molar-refractivity contribution in [2.24, 2.45) is 4.99 Å². The maximum Gasteiger partial charge on any atom is 0.0905 e. The summed E-state index contributed by atoms with van der Waals surface area (Å²) in [6, 6.07) is 27.8. The third kappa shape index (κ3) is 4.45. The van der Waals surface area contributed by atoms with Gasteiger partial charge in [0.05, 0.1) is 6.34 Å². The van der Waals surface area contributed by atoms with Crippen LogP contribution in [-0.4, -0.2) is 18.3 Å². The zero-order valence-corrected chi connectivity index (χ0v) is 14.5. The molecule has 0 saturated carbocycles. The fourth-order valence-electron chi connectivity index (χ4n) is 2.82. The van der Waals surface area contributed by atoms with E-state index < -0.39 is 0 Å². The van der Waals surface area contributed by atoms with E-state index in [0.717, 1.165) is 6.54 Å². The van der Waals surface area contributed by atoms with Crippen LogP contribution in [0.5, 0.6) is 0 Å². The van der Waals surface area contributed by atoms with Crippen LogP contribution in [-0.2, 0) is 6.54 Å². The third-order valence-electron chi connectivity index (χ3n) is 4.05. The van der Waals surface area contributed by atoms with E-state index in [1.807, 2.05) is 18.0 Å². The number of benzene rings is 3. The highest BCUT2D eigenvalue weighted by Crippen LogP contribution is 2.25. The van der Waals surface area contributed by atoms with Crippen molar-refractivity contribution in [2.45, 2.75) is 6.54 Å². The Bertz CT molecular complexity index is 849. The van der Waals surface area contributed by atoms with E-state index in [1.165, 1.54) is 27.8 Å². The molecule has 0 unspecified atom stereocenters. The molecule has 0 aliphatic carbocycles. The van der Waals surface area contributed by atoms with Gasteiger partial charge in [0.1, 0.15) is 0 Å². The highest BCUT2D eigenvalue weighted by Gasteiger charge is 2.02. The maximum absolute atomic E-state index is 4.05. The molecule has 0 fully saturated rings. The monoisotopic (exact) mass is 326 g/mol. The Kier molecular flexibility index (Phi) is 5.43. The standard InChI is InChI=1S/C23H22N2/c1-3-24-18-25(2)17-19-8-7-11-23(16-19)22-14-12-21(13-15-22)20-9-5-4-6-10-20/h3-16,18H,1,17H2,2H3/b24-18-. The minimum absolute atomic E-state index is 0.813. The Balaban J connectivity index is 1.79. The van der Waals surface area contributed by atoms with Crippen molar-refractivity contribution in [3.8, 4) is 22.3 Å². The van der Waals surface area contributed by atoms with Crippen molar-refractivity contribution < 1.29 is 0 Å². The van der Waals surface area contributed by atoms with Gasteiger partial charge in [-0.2, -0.15) is 0 Å². The van der Waals surface area contributed by atoms with E-state index in [4.69, 9.17) is 0 Å². The summed E-state index contributed by atoms with van der Waals surface area (Å²) in [7, 11) is 2.01. The molecule has 2 heteroatoms. The molecule has 0 aliphatic rings. The Morgan fingerprint density at radius 1 is 0.800 bits per heavy atom. The topological polar surface area (TPSA) is 15.6 Å². The molecule has 3 aromatic carbocycles. The highest BCUT2D eigenvalue weighted by molar-refractivity contribution is 5.70. The molecule has 0 heterocycles. The lowest BCUT2D eigenvalue weighted by Crippen LogP contribution is -2.15. The summed E-state index contributed by atoms with van der Waals surface area (Å²) in [5.74, 6) is 0. The fourth-order valence-corrected chi connectivity index (χ4v) is 2.82. The predicted octanol–water partition coefficient (Wildman–Crippen LogP) is 5.62. The predicted molar refractivity (Wildman–Crippen MR) is 107 cm³/mol. The maximum atomic E-state index is 4.05. The molecule has 0 saturated heterocycles. The number of hydrogen-bond acceptors (Lipinski definition) is 1. The summed E-state index contributed by atoms with van der Waals surface area (Å²) in [6.07, 6.45) is 3.33. The fraction of sp³-hybridized carbons (Fsp3) is 0.0870. The molecule has 25 heavy (non-hydrogen) atoms. The van der Waals surface area contributed by atoms with Gasteiger partial charge in [-0.05, 0) is 33.9 Å². The van der Waals surface area contributed by atoms with Crippen LogP contribution in [0.3, 0.4) is 0 Å². The largest absolute Gasteiger partial charge is 0.361 e. The summed E-state index contributed by atoms with van der Waals surface area (Å²) in [6.45, 7) is 4.41. The molecule has 0 radical (unpaired) electrons. The van der Waals surface area contributed by atoms with Crippen LogP contribution in [0.25, 0.3) is 22.3 Å². The van der Waals surface area contributed by atoms with Crippen LogP contribution in [0.1, 0.15) is 5.56 Å². The van der Waals surface area contributed by atoms with Crippen LogP contribution in [0, 0.1) is 0 Å². The van der Waals surface area contributed by atoms with Crippen molar-refractivity contribution >= 4 is 6.34 Å². The summed E-state index contributed by atoms with van der Waals surface area (Å²) in [5, 5.41) is 0. The van der Waals surface area contributed by atoms with Gasteiger partial charge in [0, 0.05) is 19.8 Å². The van der Waals surface area contributed by atoms with E-state index in [0.29, 0.717) is 0 Å². The molecule has 0 aromatic heterocycles. The minimum Gasteiger partial charge on any atom is -0.361 e. The SMILES string of the molecule is C=C/N=C\N(C)Cc1cccc(-c2ccc(-c3ccccc3)cc2)c1. The van der Waals surface area contributed by atoms with Gasteiger partial charge in [0.2, 0.25) is 0 Å². The van der Waals surface area contributed by atoms with Crippen molar-refractivity contribution in [3.63, 3.8) is 0 Å². The molecular formula is C23H22N2.